The molecule has 1 aliphatic rings. The second-order valence-electron chi connectivity index (χ2n) is 4.39. The van der Waals surface area contributed by atoms with Crippen LogP contribution in [0.15, 0.2) is 24.5 Å². The molecule has 5 heteroatoms. The Balaban J connectivity index is 2.03. The van der Waals surface area contributed by atoms with Crippen LogP contribution in [0.5, 0.6) is 5.88 Å². The molecule has 0 radical (unpaired) electrons. The van der Waals surface area contributed by atoms with Crippen LogP contribution in [0.3, 0.4) is 0 Å². The molecule has 4 rings (SSSR count). The minimum absolute atomic E-state index is 0.535. The van der Waals surface area contributed by atoms with E-state index in [0.717, 1.165) is 33.4 Å². The quantitative estimate of drug-likeness (QED) is 0.652. The van der Waals surface area contributed by atoms with Gasteiger partial charge in [0.2, 0.25) is 5.88 Å². The first-order chi connectivity index (χ1) is 8.81. The van der Waals surface area contributed by atoms with Gasteiger partial charge in [0.15, 0.2) is 0 Å². The van der Waals surface area contributed by atoms with Gasteiger partial charge in [0.25, 0.3) is 0 Å². The van der Waals surface area contributed by atoms with Crippen molar-refractivity contribution in [3.8, 4) is 17.0 Å². The molecule has 0 unspecified atom stereocenters. The third kappa shape index (κ3) is 1.24. The number of rotatable bonds is 0. The van der Waals surface area contributed by atoms with Gasteiger partial charge in [0.1, 0.15) is 12.4 Å². The van der Waals surface area contributed by atoms with Gasteiger partial charge in [-0.05, 0) is 30.2 Å². The number of aromatic nitrogens is 4. The van der Waals surface area contributed by atoms with Crippen LogP contribution >= 0.6 is 0 Å². The number of fused-ring (bicyclic) bond motifs is 4. The van der Waals surface area contributed by atoms with E-state index in [-0.39, 0.29) is 0 Å². The SMILES string of the molecule is Cc1ncc2c(n1)OCc1cc3[nH]ncc3cc1-2. The molecule has 1 aliphatic heterocycles. The number of aromatic amines is 1. The topological polar surface area (TPSA) is 63.7 Å². The molecular weight excluding hydrogens is 228 g/mol. The first-order valence-electron chi connectivity index (χ1n) is 5.74. The molecule has 18 heavy (non-hydrogen) atoms. The van der Waals surface area contributed by atoms with Gasteiger partial charge in [-0.25, -0.2) is 4.98 Å². The molecule has 0 saturated heterocycles. The molecule has 0 amide bonds. The van der Waals surface area contributed by atoms with E-state index >= 15 is 0 Å². The van der Waals surface area contributed by atoms with Gasteiger partial charge < -0.3 is 4.74 Å². The van der Waals surface area contributed by atoms with Crippen molar-refractivity contribution < 1.29 is 4.74 Å². The van der Waals surface area contributed by atoms with Crippen molar-refractivity contribution in [1.29, 1.82) is 0 Å². The first kappa shape index (κ1) is 9.58. The monoisotopic (exact) mass is 238 g/mol. The average Bonchev–Trinajstić information content (AvgIpc) is 2.82. The Kier molecular flexibility index (Phi) is 1.75. The Bertz CT molecular complexity index is 763. The Morgan fingerprint density at radius 2 is 2.17 bits per heavy atom. The summed E-state index contributed by atoms with van der Waals surface area (Å²) in [4.78, 5) is 8.57. The van der Waals surface area contributed by atoms with E-state index in [4.69, 9.17) is 4.74 Å². The van der Waals surface area contributed by atoms with Crippen molar-refractivity contribution in [2.24, 2.45) is 0 Å². The number of nitrogens with zero attached hydrogens (tertiary/aromatic N) is 3. The lowest BCUT2D eigenvalue weighted by molar-refractivity contribution is 0.289. The number of aryl methyl sites for hydroxylation is 1. The molecule has 0 fully saturated rings. The maximum absolute atomic E-state index is 5.67. The van der Waals surface area contributed by atoms with Crippen LogP contribution in [0, 0.1) is 6.92 Å². The van der Waals surface area contributed by atoms with Crippen LogP contribution < -0.4 is 4.74 Å². The normalized spacial score (nSPS) is 12.9. The Morgan fingerprint density at radius 1 is 1.22 bits per heavy atom. The zero-order valence-corrected chi connectivity index (χ0v) is 9.77. The summed E-state index contributed by atoms with van der Waals surface area (Å²) in [7, 11) is 0. The fourth-order valence-electron chi connectivity index (χ4n) is 2.30. The first-order valence-corrected chi connectivity index (χ1v) is 5.74. The highest BCUT2D eigenvalue weighted by atomic mass is 16.5. The lowest BCUT2D eigenvalue weighted by atomic mass is 9.98. The molecule has 1 aromatic carbocycles. The molecule has 1 N–H and O–H groups in total. The van der Waals surface area contributed by atoms with E-state index in [2.05, 4.69) is 32.3 Å². The van der Waals surface area contributed by atoms with Gasteiger partial charge in [-0.2, -0.15) is 10.1 Å². The van der Waals surface area contributed by atoms with Crippen molar-refractivity contribution in [2.75, 3.05) is 0 Å². The van der Waals surface area contributed by atoms with Crippen molar-refractivity contribution >= 4 is 10.9 Å². The molecule has 3 heterocycles. The van der Waals surface area contributed by atoms with Gasteiger partial charge >= 0.3 is 0 Å². The van der Waals surface area contributed by atoms with E-state index < -0.39 is 0 Å². The van der Waals surface area contributed by atoms with Crippen molar-refractivity contribution in [2.45, 2.75) is 13.5 Å². The van der Waals surface area contributed by atoms with E-state index in [1.807, 2.05) is 19.3 Å². The van der Waals surface area contributed by atoms with Crippen LogP contribution in [0.4, 0.5) is 0 Å². The van der Waals surface area contributed by atoms with E-state index in [1.165, 1.54) is 0 Å². The minimum atomic E-state index is 0.535. The summed E-state index contributed by atoms with van der Waals surface area (Å²) in [6.07, 6.45) is 3.64. The van der Waals surface area contributed by atoms with Crippen LogP contribution in [0.2, 0.25) is 0 Å². The summed E-state index contributed by atoms with van der Waals surface area (Å²) < 4.78 is 5.67. The summed E-state index contributed by atoms with van der Waals surface area (Å²) in [6, 6.07) is 4.18. The lowest BCUT2D eigenvalue weighted by Crippen LogP contribution is -2.08. The van der Waals surface area contributed by atoms with Gasteiger partial charge in [0.05, 0.1) is 17.3 Å². The number of benzene rings is 1. The summed E-state index contributed by atoms with van der Waals surface area (Å²) >= 11 is 0. The molecule has 2 aromatic heterocycles. The van der Waals surface area contributed by atoms with Crippen LogP contribution in [0.1, 0.15) is 11.4 Å². The summed E-state index contributed by atoms with van der Waals surface area (Å²) in [6.45, 7) is 2.40. The zero-order valence-electron chi connectivity index (χ0n) is 9.77. The molecule has 0 spiro atoms. The van der Waals surface area contributed by atoms with E-state index in [1.54, 1.807) is 0 Å². The summed E-state index contributed by atoms with van der Waals surface area (Å²) in [5.74, 6) is 1.39. The highest BCUT2D eigenvalue weighted by Crippen LogP contribution is 2.37. The highest BCUT2D eigenvalue weighted by Gasteiger charge is 2.20. The maximum Gasteiger partial charge on any atom is 0.225 e. The number of nitrogens with one attached hydrogen (secondary N) is 1. The maximum atomic E-state index is 5.67. The second-order valence-corrected chi connectivity index (χ2v) is 4.39. The Morgan fingerprint density at radius 3 is 3.11 bits per heavy atom. The Hall–Kier alpha value is -2.43. The summed E-state index contributed by atoms with van der Waals surface area (Å²) in [5.41, 5.74) is 4.23. The zero-order chi connectivity index (χ0) is 12.1. The molecule has 0 aliphatic carbocycles. The molecule has 0 atom stereocenters. The van der Waals surface area contributed by atoms with Gasteiger partial charge in [-0.3, -0.25) is 5.10 Å². The molecule has 88 valence electrons. The second kappa shape index (κ2) is 3.29. The lowest BCUT2D eigenvalue weighted by Gasteiger charge is -2.19. The molecule has 0 bridgehead atoms. The number of hydrogen-bond donors (Lipinski definition) is 1. The predicted molar refractivity (Wildman–Crippen MR) is 66.2 cm³/mol. The van der Waals surface area contributed by atoms with Gasteiger partial charge in [-0.15, -0.1) is 0 Å². The van der Waals surface area contributed by atoms with Crippen LogP contribution in [0.25, 0.3) is 22.0 Å². The van der Waals surface area contributed by atoms with Gasteiger partial charge in [0, 0.05) is 11.6 Å². The third-order valence-electron chi connectivity index (χ3n) is 3.19. The number of hydrogen-bond acceptors (Lipinski definition) is 4. The van der Waals surface area contributed by atoms with E-state index in [9.17, 15) is 0 Å². The van der Waals surface area contributed by atoms with Gasteiger partial charge in [-0.1, -0.05) is 0 Å². The third-order valence-corrected chi connectivity index (χ3v) is 3.19. The van der Waals surface area contributed by atoms with Crippen LogP contribution in [-0.2, 0) is 6.61 Å². The number of H-pyrrole nitrogens is 1. The number of ether oxygens (including phenoxy) is 1. The van der Waals surface area contributed by atoms with Crippen molar-refractivity contribution in [3.63, 3.8) is 0 Å². The molecule has 0 saturated carbocycles. The minimum Gasteiger partial charge on any atom is -0.472 e. The molecule has 3 aromatic rings. The predicted octanol–water partition coefficient (Wildman–Crippen LogP) is 2.22. The summed E-state index contributed by atoms with van der Waals surface area (Å²) in [5, 5.41) is 8.10. The Labute approximate surface area is 103 Å². The van der Waals surface area contributed by atoms with Crippen molar-refractivity contribution in [3.05, 3.63) is 35.9 Å². The van der Waals surface area contributed by atoms with Crippen LogP contribution in [-0.4, -0.2) is 20.2 Å². The smallest absolute Gasteiger partial charge is 0.225 e. The fraction of sp³-hybridized carbons (Fsp3) is 0.154. The average molecular weight is 238 g/mol. The highest BCUT2D eigenvalue weighted by molar-refractivity contribution is 5.87. The fourth-order valence-corrected chi connectivity index (χ4v) is 2.30. The standard InChI is InChI=1S/C13H10N4O/c1-7-14-5-11-10-2-8-4-15-17-12(8)3-9(10)6-18-13(11)16-7/h2-5H,6H2,1H3,(H,15,17). The molecular formula is C13H10N4O. The molecule has 5 nitrogen and oxygen atoms in total. The van der Waals surface area contributed by atoms with E-state index in [0.29, 0.717) is 12.5 Å². The largest absolute Gasteiger partial charge is 0.472 e. The van der Waals surface area contributed by atoms with Crippen molar-refractivity contribution in [1.82, 2.24) is 20.2 Å².